The third-order valence-electron chi connectivity index (χ3n) is 3.62. The summed E-state index contributed by atoms with van der Waals surface area (Å²) in [6.45, 7) is 11.1. The lowest BCUT2D eigenvalue weighted by Gasteiger charge is -2.17. The maximum Gasteiger partial charge on any atom is 0.115 e. The molecule has 0 saturated heterocycles. The third kappa shape index (κ3) is 9.24. The average molecular weight is 328 g/mol. The fraction of sp³-hybridized carbons (Fsp3) is 0.455. The van der Waals surface area contributed by atoms with Gasteiger partial charge < -0.3 is 10.2 Å². The van der Waals surface area contributed by atoms with Crippen molar-refractivity contribution >= 4 is 0 Å². The van der Waals surface area contributed by atoms with Gasteiger partial charge in [0.2, 0.25) is 0 Å². The Kier molecular flexibility index (Phi) is 7.84. The molecule has 0 bridgehead atoms. The molecule has 0 aromatic heterocycles. The van der Waals surface area contributed by atoms with Gasteiger partial charge in [0.25, 0.3) is 0 Å². The molecule has 2 heteroatoms. The van der Waals surface area contributed by atoms with Crippen LogP contribution in [0.3, 0.4) is 0 Å². The Morgan fingerprint density at radius 3 is 1.54 bits per heavy atom. The molecule has 0 amide bonds. The minimum Gasteiger partial charge on any atom is -0.508 e. The van der Waals surface area contributed by atoms with Crippen LogP contribution < -0.4 is 0 Å². The van der Waals surface area contributed by atoms with Gasteiger partial charge in [0.15, 0.2) is 0 Å². The van der Waals surface area contributed by atoms with E-state index in [1.807, 2.05) is 24.3 Å². The first-order chi connectivity index (χ1) is 11.2. The number of phenols is 2. The molecular formula is C22H32O2. The Hall–Kier alpha value is -1.96. The zero-order valence-electron chi connectivity index (χ0n) is 15.7. The summed E-state index contributed by atoms with van der Waals surface area (Å²) in [4.78, 5) is 0. The Morgan fingerprint density at radius 1 is 0.750 bits per heavy atom. The van der Waals surface area contributed by atoms with Crippen LogP contribution >= 0.6 is 0 Å². The third-order valence-corrected chi connectivity index (χ3v) is 3.62. The van der Waals surface area contributed by atoms with Gasteiger partial charge in [-0.3, -0.25) is 0 Å². The van der Waals surface area contributed by atoms with Gasteiger partial charge in [0.05, 0.1) is 0 Å². The largest absolute Gasteiger partial charge is 0.508 e. The van der Waals surface area contributed by atoms with E-state index in [0.29, 0.717) is 16.9 Å². The lowest BCUT2D eigenvalue weighted by molar-refractivity contribution is 0.410. The van der Waals surface area contributed by atoms with E-state index in [1.54, 1.807) is 24.3 Å². The molecule has 132 valence electrons. The van der Waals surface area contributed by atoms with Crippen LogP contribution in [0.5, 0.6) is 11.5 Å². The maximum absolute atomic E-state index is 9.05. The van der Waals surface area contributed by atoms with E-state index in [0.717, 1.165) is 18.8 Å². The predicted octanol–water partition coefficient (Wildman–Crippen LogP) is 5.96. The molecular weight excluding hydrogens is 296 g/mol. The molecule has 0 aliphatic carbocycles. The topological polar surface area (TPSA) is 40.5 Å². The van der Waals surface area contributed by atoms with Gasteiger partial charge in [-0.2, -0.15) is 0 Å². The quantitative estimate of drug-likeness (QED) is 0.726. The van der Waals surface area contributed by atoms with Gasteiger partial charge in [-0.05, 0) is 66.0 Å². The molecule has 0 aliphatic rings. The molecule has 0 spiro atoms. The number of aryl methyl sites for hydroxylation is 1. The Morgan fingerprint density at radius 2 is 1.17 bits per heavy atom. The first-order valence-corrected chi connectivity index (χ1v) is 8.71. The highest BCUT2D eigenvalue weighted by Gasteiger charge is 2.10. The SMILES string of the molecule is CC(C)(C)Cc1ccc(O)cc1.CC(C)CCc1ccc(O)cc1. The minimum absolute atomic E-state index is 0.316. The van der Waals surface area contributed by atoms with Crippen LogP contribution in [0.25, 0.3) is 0 Å². The Labute approximate surface area is 147 Å². The van der Waals surface area contributed by atoms with Gasteiger partial charge in [-0.1, -0.05) is 58.9 Å². The molecule has 2 nitrogen and oxygen atoms in total. The van der Waals surface area contributed by atoms with Gasteiger partial charge >= 0.3 is 0 Å². The number of rotatable bonds is 4. The van der Waals surface area contributed by atoms with E-state index < -0.39 is 0 Å². The van der Waals surface area contributed by atoms with Crippen molar-refractivity contribution in [3.05, 3.63) is 59.7 Å². The van der Waals surface area contributed by atoms with Crippen LogP contribution in [0.15, 0.2) is 48.5 Å². The maximum atomic E-state index is 9.05. The number of aromatic hydroxyl groups is 2. The normalized spacial score (nSPS) is 11.1. The fourth-order valence-electron chi connectivity index (χ4n) is 2.34. The lowest BCUT2D eigenvalue weighted by Crippen LogP contribution is -2.08. The smallest absolute Gasteiger partial charge is 0.115 e. The van der Waals surface area contributed by atoms with Crippen LogP contribution in [-0.4, -0.2) is 10.2 Å². The van der Waals surface area contributed by atoms with Crippen LogP contribution in [0.1, 0.15) is 52.2 Å². The first kappa shape index (κ1) is 20.1. The summed E-state index contributed by atoms with van der Waals surface area (Å²) < 4.78 is 0. The Balaban J connectivity index is 0.000000240. The Bertz CT molecular complexity index is 575. The molecule has 2 aromatic rings. The van der Waals surface area contributed by atoms with Gasteiger partial charge in [-0.15, -0.1) is 0 Å². The van der Waals surface area contributed by atoms with E-state index >= 15 is 0 Å². The highest BCUT2D eigenvalue weighted by Crippen LogP contribution is 2.21. The average Bonchev–Trinajstić information content (AvgIpc) is 2.48. The monoisotopic (exact) mass is 328 g/mol. The van der Waals surface area contributed by atoms with Crippen molar-refractivity contribution < 1.29 is 10.2 Å². The van der Waals surface area contributed by atoms with E-state index in [4.69, 9.17) is 10.2 Å². The van der Waals surface area contributed by atoms with Crippen LogP contribution in [0.4, 0.5) is 0 Å². The summed E-state index contributed by atoms with van der Waals surface area (Å²) in [5.41, 5.74) is 2.90. The van der Waals surface area contributed by atoms with Gasteiger partial charge in [0, 0.05) is 0 Å². The minimum atomic E-state index is 0.316. The van der Waals surface area contributed by atoms with Crippen LogP contribution in [0, 0.1) is 11.3 Å². The highest BCUT2D eigenvalue weighted by molar-refractivity contribution is 5.26. The summed E-state index contributed by atoms with van der Waals surface area (Å²) in [7, 11) is 0. The van der Waals surface area contributed by atoms with E-state index in [2.05, 4.69) is 34.6 Å². The van der Waals surface area contributed by atoms with Crippen molar-refractivity contribution in [1.29, 1.82) is 0 Å². The molecule has 0 unspecified atom stereocenters. The summed E-state index contributed by atoms with van der Waals surface area (Å²) >= 11 is 0. The van der Waals surface area contributed by atoms with Crippen molar-refractivity contribution in [3.8, 4) is 11.5 Å². The molecule has 0 heterocycles. The van der Waals surface area contributed by atoms with Crippen LogP contribution in [0.2, 0.25) is 0 Å². The molecule has 2 aromatic carbocycles. The predicted molar refractivity (Wildman–Crippen MR) is 103 cm³/mol. The van der Waals surface area contributed by atoms with Crippen molar-refractivity contribution in [2.45, 2.75) is 53.9 Å². The van der Waals surface area contributed by atoms with Crippen molar-refractivity contribution in [1.82, 2.24) is 0 Å². The molecule has 0 radical (unpaired) electrons. The second kappa shape index (κ2) is 9.36. The number of hydrogen-bond donors (Lipinski definition) is 2. The summed E-state index contributed by atoms with van der Waals surface area (Å²) in [6.07, 6.45) is 3.37. The molecule has 0 aliphatic heterocycles. The van der Waals surface area contributed by atoms with Crippen molar-refractivity contribution in [2.24, 2.45) is 11.3 Å². The fourth-order valence-corrected chi connectivity index (χ4v) is 2.34. The van der Waals surface area contributed by atoms with Crippen molar-refractivity contribution in [3.63, 3.8) is 0 Å². The van der Waals surface area contributed by atoms with Crippen LogP contribution in [-0.2, 0) is 12.8 Å². The van der Waals surface area contributed by atoms with Gasteiger partial charge in [-0.25, -0.2) is 0 Å². The molecule has 24 heavy (non-hydrogen) atoms. The van der Waals surface area contributed by atoms with Crippen molar-refractivity contribution in [2.75, 3.05) is 0 Å². The standard InChI is InChI=1S/2C11H16O/c1-11(2,3)8-9-4-6-10(12)7-5-9;1-9(2)3-4-10-5-7-11(12)8-6-10/h4-7,12H,8H2,1-3H3;5-9,12H,3-4H2,1-2H3. The molecule has 0 fully saturated rings. The first-order valence-electron chi connectivity index (χ1n) is 8.71. The number of phenolic OH excluding ortho intramolecular Hbond substituents is 2. The van der Waals surface area contributed by atoms with E-state index in [1.165, 1.54) is 17.5 Å². The number of hydrogen-bond acceptors (Lipinski definition) is 2. The summed E-state index contributed by atoms with van der Waals surface area (Å²) in [6, 6.07) is 14.9. The number of benzene rings is 2. The summed E-state index contributed by atoms with van der Waals surface area (Å²) in [5, 5.41) is 18.1. The van der Waals surface area contributed by atoms with E-state index in [-0.39, 0.29) is 0 Å². The molecule has 0 saturated carbocycles. The lowest BCUT2D eigenvalue weighted by atomic mass is 9.88. The second-order valence-electron chi connectivity index (χ2n) is 8.00. The van der Waals surface area contributed by atoms with E-state index in [9.17, 15) is 0 Å². The molecule has 0 atom stereocenters. The van der Waals surface area contributed by atoms with Gasteiger partial charge in [0.1, 0.15) is 11.5 Å². The highest BCUT2D eigenvalue weighted by atomic mass is 16.3. The summed E-state index contributed by atoms with van der Waals surface area (Å²) in [5.74, 6) is 1.44. The molecule has 2 rings (SSSR count). The zero-order valence-corrected chi connectivity index (χ0v) is 15.7. The second-order valence-corrected chi connectivity index (χ2v) is 8.00. The molecule has 2 N–H and O–H groups in total. The zero-order chi connectivity index (χ0) is 18.2.